The highest BCUT2D eigenvalue weighted by Gasteiger charge is 2.27. The van der Waals surface area contributed by atoms with Gasteiger partial charge in [-0.25, -0.2) is 0 Å². The highest BCUT2D eigenvalue weighted by molar-refractivity contribution is 6.18. The van der Waals surface area contributed by atoms with E-state index in [1.165, 1.54) is 0 Å². The molecule has 1 aliphatic heterocycles. The van der Waals surface area contributed by atoms with Crippen molar-refractivity contribution in [3.63, 3.8) is 0 Å². The van der Waals surface area contributed by atoms with Crippen LogP contribution in [0.4, 0.5) is 0 Å². The Kier molecular flexibility index (Phi) is 4.69. The highest BCUT2D eigenvalue weighted by Crippen LogP contribution is 2.18. The van der Waals surface area contributed by atoms with Gasteiger partial charge in [0.05, 0.1) is 6.10 Å². The molecule has 82 valence electrons. The molecule has 0 aromatic carbocycles. The van der Waals surface area contributed by atoms with Crippen LogP contribution in [-0.4, -0.2) is 30.5 Å². The quantitative estimate of drug-likeness (QED) is 0.729. The Balaban J connectivity index is 2.22. The van der Waals surface area contributed by atoms with Crippen LogP contribution < -0.4 is 5.32 Å². The van der Waals surface area contributed by atoms with Crippen LogP contribution in [0.15, 0.2) is 0 Å². The molecular weight excluding hydrogens is 202 g/mol. The molecule has 1 heterocycles. The minimum Gasteiger partial charge on any atom is -0.365 e. The third kappa shape index (κ3) is 3.46. The number of halogens is 1. The first-order chi connectivity index (χ1) is 6.63. The van der Waals surface area contributed by atoms with Crippen LogP contribution in [0.2, 0.25) is 0 Å². The number of hydrogen-bond acceptors (Lipinski definition) is 2. The monoisotopic (exact) mass is 219 g/mol. The largest absolute Gasteiger partial charge is 0.365 e. The van der Waals surface area contributed by atoms with E-state index in [9.17, 15) is 4.79 Å². The molecule has 0 aromatic heterocycles. The van der Waals surface area contributed by atoms with Crippen LogP contribution in [-0.2, 0) is 9.53 Å². The molecule has 3 unspecified atom stereocenters. The summed E-state index contributed by atoms with van der Waals surface area (Å²) in [4.78, 5) is 11.5. The zero-order valence-electron chi connectivity index (χ0n) is 8.75. The molecule has 1 saturated heterocycles. The van der Waals surface area contributed by atoms with Crippen molar-refractivity contribution < 1.29 is 9.53 Å². The van der Waals surface area contributed by atoms with Gasteiger partial charge < -0.3 is 10.1 Å². The molecule has 0 aromatic rings. The Hall–Kier alpha value is -0.280. The molecule has 0 radical (unpaired) electrons. The molecule has 1 amide bonds. The Labute approximate surface area is 90.1 Å². The molecule has 0 bridgehead atoms. The fourth-order valence-electron chi connectivity index (χ4n) is 1.44. The maximum Gasteiger partial charge on any atom is 0.249 e. The molecule has 1 N–H and O–H groups in total. The summed E-state index contributed by atoms with van der Waals surface area (Å²) < 4.78 is 5.44. The van der Waals surface area contributed by atoms with Crippen molar-refractivity contribution in [3.8, 4) is 0 Å². The number of nitrogens with one attached hydrogen (secondary N) is 1. The van der Waals surface area contributed by atoms with E-state index in [0.29, 0.717) is 18.3 Å². The van der Waals surface area contributed by atoms with Crippen molar-refractivity contribution in [2.45, 2.75) is 38.9 Å². The van der Waals surface area contributed by atoms with Crippen molar-refractivity contribution in [1.29, 1.82) is 0 Å². The van der Waals surface area contributed by atoms with Gasteiger partial charge in [-0.3, -0.25) is 4.79 Å². The average molecular weight is 220 g/mol. The number of carbonyl (C=O) groups excluding carboxylic acids is 1. The Morgan fingerprint density at radius 3 is 2.86 bits per heavy atom. The van der Waals surface area contributed by atoms with Gasteiger partial charge in [0.2, 0.25) is 5.91 Å². The summed E-state index contributed by atoms with van der Waals surface area (Å²) in [5, 5.41) is 2.85. The lowest BCUT2D eigenvalue weighted by Gasteiger charge is -2.13. The maximum atomic E-state index is 11.5. The predicted octanol–water partition coefficient (Wildman–Crippen LogP) is 1.54. The van der Waals surface area contributed by atoms with Gasteiger partial charge in [0, 0.05) is 12.4 Å². The van der Waals surface area contributed by atoms with E-state index < -0.39 is 0 Å². The van der Waals surface area contributed by atoms with Crippen LogP contribution in [0.1, 0.15) is 26.7 Å². The molecule has 1 rings (SSSR count). The number of carbonyl (C=O) groups is 1. The number of hydrogen-bond donors (Lipinski definition) is 1. The first-order valence-electron chi connectivity index (χ1n) is 5.12. The van der Waals surface area contributed by atoms with E-state index >= 15 is 0 Å². The second-order valence-electron chi connectivity index (χ2n) is 4.02. The van der Waals surface area contributed by atoms with Gasteiger partial charge in [-0.15, -0.1) is 11.6 Å². The normalized spacial score (nSPS) is 28.8. The minimum absolute atomic E-state index is 0.00585. The molecule has 4 heteroatoms. The zero-order chi connectivity index (χ0) is 10.6. The second-order valence-corrected chi connectivity index (χ2v) is 4.33. The number of rotatable bonds is 4. The third-order valence-corrected chi connectivity index (χ3v) is 2.94. The first-order valence-corrected chi connectivity index (χ1v) is 5.66. The van der Waals surface area contributed by atoms with Gasteiger partial charge in [0.1, 0.15) is 6.10 Å². The van der Waals surface area contributed by atoms with Gasteiger partial charge in [-0.1, -0.05) is 6.92 Å². The molecule has 14 heavy (non-hydrogen) atoms. The molecule has 0 aliphatic carbocycles. The molecule has 0 saturated carbocycles. The lowest BCUT2D eigenvalue weighted by molar-refractivity contribution is -0.131. The van der Waals surface area contributed by atoms with Gasteiger partial charge in [0.25, 0.3) is 0 Å². The van der Waals surface area contributed by atoms with Crippen molar-refractivity contribution in [2.75, 3.05) is 12.4 Å². The summed E-state index contributed by atoms with van der Waals surface area (Å²) in [5.74, 6) is 0.896. The topological polar surface area (TPSA) is 38.3 Å². The summed E-state index contributed by atoms with van der Waals surface area (Å²) in [5.41, 5.74) is 0. The van der Waals surface area contributed by atoms with Crippen LogP contribution in [0.25, 0.3) is 0 Å². The van der Waals surface area contributed by atoms with Gasteiger partial charge in [-0.2, -0.15) is 0 Å². The van der Waals surface area contributed by atoms with E-state index in [1.54, 1.807) is 0 Å². The Morgan fingerprint density at radius 2 is 2.36 bits per heavy atom. The number of ether oxygens (including phenoxy) is 1. The van der Waals surface area contributed by atoms with E-state index in [4.69, 9.17) is 16.3 Å². The van der Waals surface area contributed by atoms with Crippen LogP contribution in [0, 0.1) is 5.92 Å². The lowest BCUT2D eigenvalue weighted by atomic mass is 10.2. The third-order valence-electron chi connectivity index (χ3n) is 2.41. The fraction of sp³-hybridized carbons (Fsp3) is 0.900. The smallest absolute Gasteiger partial charge is 0.249 e. The number of amides is 1. The number of alkyl halides is 1. The molecule has 1 aliphatic rings. The SMILES string of the molecule is CC(CCl)CNC(=O)C1CCC(C)O1. The summed E-state index contributed by atoms with van der Waals surface area (Å²) in [6, 6.07) is 0. The predicted molar refractivity (Wildman–Crippen MR) is 56.5 cm³/mol. The lowest BCUT2D eigenvalue weighted by Crippen LogP contribution is -2.37. The van der Waals surface area contributed by atoms with Gasteiger partial charge in [-0.05, 0) is 25.7 Å². The van der Waals surface area contributed by atoms with Crippen molar-refractivity contribution >= 4 is 17.5 Å². The standard InChI is InChI=1S/C10H18ClNO2/c1-7(5-11)6-12-10(13)9-4-3-8(2)14-9/h7-9H,3-6H2,1-2H3,(H,12,13). The molecule has 3 nitrogen and oxygen atoms in total. The summed E-state index contributed by atoms with van der Waals surface area (Å²) in [7, 11) is 0. The van der Waals surface area contributed by atoms with E-state index in [-0.39, 0.29) is 18.1 Å². The zero-order valence-corrected chi connectivity index (χ0v) is 9.51. The van der Waals surface area contributed by atoms with Crippen molar-refractivity contribution in [2.24, 2.45) is 5.92 Å². The average Bonchev–Trinajstić information content (AvgIpc) is 2.60. The highest BCUT2D eigenvalue weighted by atomic mass is 35.5. The van der Waals surface area contributed by atoms with Gasteiger partial charge in [0.15, 0.2) is 0 Å². The molecule has 0 spiro atoms. The van der Waals surface area contributed by atoms with Crippen LogP contribution >= 0.6 is 11.6 Å². The van der Waals surface area contributed by atoms with Crippen LogP contribution in [0.5, 0.6) is 0 Å². The first kappa shape index (κ1) is 11.8. The molecule has 1 fully saturated rings. The van der Waals surface area contributed by atoms with E-state index in [1.807, 2.05) is 13.8 Å². The maximum absolute atomic E-state index is 11.5. The minimum atomic E-state index is -0.243. The summed E-state index contributed by atoms with van der Waals surface area (Å²) in [6.07, 6.45) is 1.79. The molecular formula is C10H18ClNO2. The van der Waals surface area contributed by atoms with Crippen LogP contribution in [0.3, 0.4) is 0 Å². The fourth-order valence-corrected chi connectivity index (χ4v) is 1.55. The van der Waals surface area contributed by atoms with E-state index in [0.717, 1.165) is 12.8 Å². The Morgan fingerprint density at radius 1 is 1.64 bits per heavy atom. The second kappa shape index (κ2) is 5.56. The van der Waals surface area contributed by atoms with Crippen molar-refractivity contribution in [3.05, 3.63) is 0 Å². The van der Waals surface area contributed by atoms with E-state index in [2.05, 4.69) is 5.32 Å². The molecule has 3 atom stereocenters. The van der Waals surface area contributed by atoms with Gasteiger partial charge >= 0.3 is 0 Å². The Bertz CT molecular complexity index is 199. The summed E-state index contributed by atoms with van der Waals surface area (Å²) >= 11 is 5.64. The summed E-state index contributed by atoms with van der Waals surface area (Å²) in [6.45, 7) is 4.64. The van der Waals surface area contributed by atoms with Crippen molar-refractivity contribution in [1.82, 2.24) is 5.32 Å².